The van der Waals surface area contributed by atoms with E-state index >= 15 is 0 Å². The van der Waals surface area contributed by atoms with E-state index < -0.39 is 0 Å². The van der Waals surface area contributed by atoms with Crippen molar-refractivity contribution in [1.29, 1.82) is 0 Å². The summed E-state index contributed by atoms with van der Waals surface area (Å²) in [5, 5.41) is 11.9. The second-order valence-corrected chi connectivity index (χ2v) is 12.0. The highest BCUT2D eigenvalue weighted by Crippen LogP contribution is 2.37. The number of amidine groups is 1. The van der Waals surface area contributed by atoms with Crippen LogP contribution >= 0.6 is 0 Å². The molecule has 2 aliphatic carbocycles. The standard InChI is InChI=1S/C32H46N5O.C2H6/c1-22(25-18-26-17-23(2)32(35-29(26)19-25)37-16-15-27(21-37)33-3)11-7-6-10-14-30(38)28-20-34-36-31(28)24-12-8-4-5-9-13-24;1-2/h17-20,22,24,26-27,33H,4-16,21H2,1-3H3;1-2H3/t22-,26?,27-;/m0./s1. The summed E-state index contributed by atoms with van der Waals surface area (Å²) in [5.74, 6) is 2.67. The van der Waals surface area contributed by atoms with Gasteiger partial charge in [0.15, 0.2) is 5.78 Å². The molecular weight excluding hydrogens is 494 g/mol. The zero-order valence-corrected chi connectivity index (χ0v) is 25.7. The first-order valence-corrected chi connectivity index (χ1v) is 16.2. The van der Waals surface area contributed by atoms with Gasteiger partial charge in [0.1, 0.15) is 12.4 Å². The van der Waals surface area contributed by atoms with Gasteiger partial charge in [0.25, 0.3) is 0 Å². The normalized spacial score (nSPS) is 25.5. The molecule has 3 heterocycles. The molecule has 6 heteroatoms. The fourth-order valence-electron chi connectivity index (χ4n) is 6.77. The lowest BCUT2D eigenvalue weighted by Crippen LogP contribution is -2.35. The highest BCUT2D eigenvalue weighted by Gasteiger charge is 2.30. The number of nitrogens with zero attached hydrogens (tertiary/aromatic N) is 4. The van der Waals surface area contributed by atoms with E-state index in [1.54, 1.807) is 6.54 Å². The number of carbonyl (C=O) groups excluding carboxylic acids is 1. The maximum absolute atomic E-state index is 13.0. The van der Waals surface area contributed by atoms with Crippen LogP contribution in [0.15, 0.2) is 61.6 Å². The number of unbranched alkanes of at least 4 members (excludes halogenated alkanes) is 2. The Morgan fingerprint density at radius 3 is 2.58 bits per heavy atom. The fourth-order valence-corrected chi connectivity index (χ4v) is 6.77. The molecule has 0 aromatic carbocycles. The van der Waals surface area contributed by atoms with E-state index in [9.17, 15) is 4.79 Å². The molecule has 1 N–H and O–H groups in total. The van der Waals surface area contributed by atoms with Crippen molar-refractivity contribution in [1.82, 2.24) is 10.2 Å². The second-order valence-electron chi connectivity index (χ2n) is 12.0. The van der Waals surface area contributed by atoms with E-state index in [2.05, 4.69) is 59.6 Å². The molecule has 3 aliphatic heterocycles. The number of nitrogens with one attached hydrogen (secondary N) is 1. The molecule has 0 spiro atoms. The second kappa shape index (κ2) is 15.0. The van der Waals surface area contributed by atoms with Crippen LogP contribution in [-0.4, -0.2) is 42.7 Å². The number of rotatable bonds is 10. The Balaban J connectivity index is 0.00000181. The molecule has 0 aromatic rings. The summed E-state index contributed by atoms with van der Waals surface area (Å²) < 4.78 is 0. The minimum absolute atomic E-state index is 0.240. The molecule has 219 valence electrons. The number of aliphatic imine (C=N–C) groups is 1. The van der Waals surface area contributed by atoms with Crippen molar-refractivity contribution in [2.75, 3.05) is 20.1 Å². The fraction of sp³-hybridized carbons (Fsp3) is 0.676. The Kier molecular flexibility index (Phi) is 11.5. The van der Waals surface area contributed by atoms with Crippen molar-refractivity contribution in [2.45, 2.75) is 111 Å². The maximum Gasteiger partial charge on any atom is 0.163 e. The summed E-state index contributed by atoms with van der Waals surface area (Å²) in [6, 6.07) is 0.561. The average Bonchev–Trinajstić information content (AvgIpc) is 3.69. The van der Waals surface area contributed by atoms with Crippen molar-refractivity contribution in [2.24, 2.45) is 33.0 Å². The molecule has 5 aliphatic rings. The molecule has 6 nitrogen and oxygen atoms in total. The molecule has 2 fully saturated rings. The molecule has 0 bridgehead atoms. The summed E-state index contributed by atoms with van der Waals surface area (Å²) in [6.07, 6.45) is 20.7. The topological polar surface area (TPSA) is 69.4 Å². The lowest BCUT2D eigenvalue weighted by molar-refractivity contribution is -0.115. The van der Waals surface area contributed by atoms with Crippen molar-refractivity contribution >= 4 is 11.6 Å². The summed E-state index contributed by atoms with van der Waals surface area (Å²) in [6.45, 7) is 12.4. The van der Waals surface area contributed by atoms with E-state index in [1.807, 2.05) is 13.8 Å². The Morgan fingerprint density at radius 2 is 1.85 bits per heavy atom. The van der Waals surface area contributed by atoms with E-state index in [-0.39, 0.29) is 5.78 Å². The number of ketones is 1. The molecular formula is C34H52N5O. The lowest BCUT2D eigenvalue weighted by atomic mass is 9.91. The van der Waals surface area contributed by atoms with Gasteiger partial charge in [-0.05, 0) is 69.2 Å². The molecule has 1 saturated carbocycles. The van der Waals surface area contributed by atoms with Gasteiger partial charge in [-0.25, -0.2) is 4.99 Å². The Hall–Kier alpha value is -2.34. The van der Waals surface area contributed by atoms with Crippen molar-refractivity contribution in [3.05, 3.63) is 52.9 Å². The Labute approximate surface area is 243 Å². The van der Waals surface area contributed by atoms with Gasteiger partial charge in [-0.2, -0.15) is 10.2 Å². The number of likely N-dealkylation sites (N-methyl/N-ethyl adjacent to an activating group) is 1. The van der Waals surface area contributed by atoms with Crippen LogP contribution in [0.4, 0.5) is 0 Å². The number of allylic oxidation sites excluding steroid dienone is 4. The van der Waals surface area contributed by atoms with Crippen LogP contribution < -0.4 is 5.32 Å². The van der Waals surface area contributed by atoms with Gasteiger partial charge in [0.05, 0.1) is 11.4 Å². The molecule has 1 saturated heterocycles. The van der Waals surface area contributed by atoms with Gasteiger partial charge in [0, 0.05) is 43.0 Å². The highest BCUT2D eigenvalue weighted by molar-refractivity contribution is 6.00. The van der Waals surface area contributed by atoms with Crippen LogP contribution in [0.5, 0.6) is 0 Å². The summed E-state index contributed by atoms with van der Waals surface area (Å²) in [4.78, 5) is 20.5. The van der Waals surface area contributed by atoms with E-state index in [1.165, 1.54) is 48.9 Å². The van der Waals surface area contributed by atoms with Gasteiger partial charge in [-0.15, -0.1) is 0 Å². The number of hydrogen-bond donors (Lipinski definition) is 1. The first-order valence-electron chi connectivity index (χ1n) is 16.2. The number of Topliss-reactive ketones (excluding diaryl/α,β-unsaturated/α-hetero) is 1. The zero-order valence-electron chi connectivity index (χ0n) is 25.7. The van der Waals surface area contributed by atoms with Crippen molar-refractivity contribution in [3.8, 4) is 0 Å². The largest absolute Gasteiger partial charge is 0.355 e. The minimum Gasteiger partial charge on any atom is -0.355 e. The molecule has 40 heavy (non-hydrogen) atoms. The van der Waals surface area contributed by atoms with Gasteiger partial charge in [-0.1, -0.05) is 71.4 Å². The average molecular weight is 547 g/mol. The smallest absolute Gasteiger partial charge is 0.163 e. The van der Waals surface area contributed by atoms with Crippen LogP contribution in [0.3, 0.4) is 0 Å². The van der Waals surface area contributed by atoms with Gasteiger partial charge in [-0.3, -0.25) is 4.79 Å². The predicted octanol–water partition coefficient (Wildman–Crippen LogP) is 8.11. The highest BCUT2D eigenvalue weighted by atomic mass is 16.1. The third-order valence-electron chi connectivity index (χ3n) is 9.22. The van der Waals surface area contributed by atoms with Crippen LogP contribution in [0.1, 0.15) is 105 Å². The first-order chi connectivity index (χ1) is 19.5. The number of likely N-dealkylation sites (tertiary alicyclic amines) is 1. The zero-order chi connectivity index (χ0) is 28.5. The summed E-state index contributed by atoms with van der Waals surface area (Å²) in [5.41, 5.74) is 5.71. The number of hydrogen-bond acceptors (Lipinski definition) is 6. The quantitative estimate of drug-likeness (QED) is 0.222. The van der Waals surface area contributed by atoms with Crippen LogP contribution in [0, 0.1) is 24.3 Å². The van der Waals surface area contributed by atoms with Crippen LogP contribution in [0.25, 0.3) is 0 Å². The molecule has 0 aromatic heterocycles. The van der Waals surface area contributed by atoms with Gasteiger partial charge >= 0.3 is 0 Å². The summed E-state index contributed by atoms with van der Waals surface area (Å²) >= 11 is 0. The van der Waals surface area contributed by atoms with E-state index in [0.717, 1.165) is 68.7 Å². The molecule has 5 rings (SSSR count). The summed E-state index contributed by atoms with van der Waals surface area (Å²) in [7, 11) is 2.05. The SMILES string of the molecule is CC.CN[C@H]1CCN(C2=NC3=CC([C@@H](C)CCCCCC(=O)C4=C(C5CCCCCC5)N=N[CH]4)=CC3C=C2C)C1. The maximum atomic E-state index is 13.0. The number of carbonyl (C=O) groups is 1. The van der Waals surface area contributed by atoms with E-state index in [0.29, 0.717) is 30.2 Å². The molecule has 3 atom stereocenters. The Morgan fingerprint density at radius 1 is 1.07 bits per heavy atom. The first kappa shape index (κ1) is 30.6. The third kappa shape index (κ3) is 7.48. The van der Waals surface area contributed by atoms with Crippen molar-refractivity contribution < 1.29 is 4.79 Å². The van der Waals surface area contributed by atoms with E-state index in [4.69, 9.17) is 4.99 Å². The monoisotopic (exact) mass is 546 g/mol. The van der Waals surface area contributed by atoms with Gasteiger partial charge in [0.2, 0.25) is 0 Å². The van der Waals surface area contributed by atoms with Crippen LogP contribution in [-0.2, 0) is 4.79 Å². The third-order valence-corrected chi connectivity index (χ3v) is 9.22. The Bertz CT molecular complexity index is 1070. The predicted molar refractivity (Wildman–Crippen MR) is 166 cm³/mol. The van der Waals surface area contributed by atoms with Gasteiger partial charge < -0.3 is 10.2 Å². The molecule has 1 radical (unpaired) electrons. The molecule has 1 unspecified atom stereocenters. The van der Waals surface area contributed by atoms with Crippen LogP contribution in [0.2, 0.25) is 0 Å². The lowest BCUT2D eigenvalue weighted by Gasteiger charge is -2.26. The number of azo groups is 1. The minimum atomic E-state index is 0.240. The number of fused-ring (bicyclic) bond motifs is 1. The molecule has 0 amide bonds. The number of dihydropyridines is 1. The van der Waals surface area contributed by atoms with Crippen molar-refractivity contribution in [3.63, 3.8) is 0 Å².